The first-order valence-corrected chi connectivity index (χ1v) is 9.91. The molecular weight excluding hydrogens is 348 g/mol. The van der Waals surface area contributed by atoms with Crippen LogP contribution in [0.2, 0.25) is 0 Å². The number of nitrogens with one attached hydrogen (secondary N) is 2. The van der Waals surface area contributed by atoms with Crippen molar-refractivity contribution in [2.75, 3.05) is 7.11 Å². The molecule has 1 aromatic heterocycles. The number of benzene rings is 2. The molecule has 148 valence electrons. The Morgan fingerprint density at radius 3 is 2.64 bits per heavy atom. The highest BCUT2D eigenvalue weighted by atomic mass is 16.5. The second-order valence-electron chi connectivity index (χ2n) is 7.97. The molecule has 0 spiro atoms. The summed E-state index contributed by atoms with van der Waals surface area (Å²) < 4.78 is 5.41. The summed E-state index contributed by atoms with van der Waals surface area (Å²) in [4.78, 5) is 15.9. The van der Waals surface area contributed by atoms with Crippen LogP contribution in [0.3, 0.4) is 0 Å². The molecule has 3 aromatic rings. The Morgan fingerprint density at radius 1 is 1.14 bits per heavy atom. The summed E-state index contributed by atoms with van der Waals surface area (Å²) in [6.45, 7) is 9.25. The van der Waals surface area contributed by atoms with Crippen LogP contribution >= 0.6 is 0 Å². The van der Waals surface area contributed by atoms with Gasteiger partial charge in [-0.3, -0.25) is 4.79 Å². The lowest BCUT2D eigenvalue weighted by Crippen LogP contribution is -2.23. The number of carbonyl (C=O) groups is 1. The first-order chi connectivity index (χ1) is 13.4. The molecule has 1 heterocycles. The Balaban J connectivity index is 1.74. The molecule has 1 atom stereocenters. The lowest BCUT2D eigenvalue weighted by Gasteiger charge is -2.15. The maximum Gasteiger partial charge on any atom is 0.267 e. The molecule has 0 aliphatic rings. The van der Waals surface area contributed by atoms with Crippen molar-refractivity contribution in [2.45, 2.75) is 40.7 Å². The minimum atomic E-state index is -0.112. The molecule has 1 amide bonds. The number of amides is 1. The molecular formula is C24H30N2O2. The number of carbonyl (C=O) groups excluding carboxylic acids is 1. The number of aromatic amines is 1. The molecule has 0 saturated carbocycles. The molecule has 3 rings (SSSR count). The highest BCUT2D eigenvalue weighted by molar-refractivity contribution is 5.98. The van der Waals surface area contributed by atoms with Gasteiger partial charge in [-0.05, 0) is 60.6 Å². The third kappa shape index (κ3) is 4.38. The summed E-state index contributed by atoms with van der Waals surface area (Å²) in [5.74, 6) is 1.96. The van der Waals surface area contributed by atoms with Crippen molar-refractivity contribution in [3.63, 3.8) is 0 Å². The minimum absolute atomic E-state index is 0.112. The summed E-state index contributed by atoms with van der Waals surface area (Å²) >= 11 is 0. The summed E-state index contributed by atoms with van der Waals surface area (Å²) in [6.07, 6.45) is 1.05. The van der Waals surface area contributed by atoms with Gasteiger partial charge in [0.25, 0.3) is 5.91 Å². The summed E-state index contributed by atoms with van der Waals surface area (Å²) in [6, 6.07) is 14.2. The van der Waals surface area contributed by atoms with Crippen LogP contribution in [0.15, 0.2) is 42.5 Å². The fourth-order valence-electron chi connectivity index (χ4n) is 3.40. The Bertz CT molecular complexity index is 972. The molecule has 28 heavy (non-hydrogen) atoms. The second kappa shape index (κ2) is 8.51. The van der Waals surface area contributed by atoms with Crippen molar-refractivity contribution in [1.29, 1.82) is 0 Å². The van der Waals surface area contributed by atoms with Crippen LogP contribution in [0, 0.1) is 18.8 Å². The van der Waals surface area contributed by atoms with Crippen molar-refractivity contribution >= 4 is 16.8 Å². The van der Waals surface area contributed by atoms with Crippen LogP contribution in [-0.4, -0.2) is 18.0 Å². The van der Waals surface area contributed by atoms with Gasteiger partial charge in [0.05, 0.1) is 7.11 Å². The second-order valence-corrected chi connectivity index (χ2v) is 7.97. The standard InChI is InChI=1S/C24H30N2O2/c1-15(2)17(4)11-18-9-10-21-19(12-18)13-22(26-21)24(27)25-14-20-16(3)7-6-8-23(20)28-5/h6-10,12-13,15,17,26H,11,14H2,1-5H3,(H,25,27). The molecule has 0 aliphatic heterocycles. The van der Waals surface area contributed by atoms with Gasteiger partial charge in [0.1, 0.15) is 11.4 Å². The summed E-state index contributed by atoms with van der Waals surface area (Å²) in [5, 5.41) is 4.08. The van der Waals surface area contributed by atoms with E-state index in [1.165, 1.54) is 5.56 Å². The van der Waals surface area contributed by atoms with Crippen molar-refractivity contribution in [3.05, 3.63) is 64.8 Å². The van der Waals surface area contributed by atoms with Gasteiger partial charge in [0.2, 0.25) is 0 Å². The quantitative estimate of drug-likeness (QED) is 0.590. The van der Waals surface area contributed by atoms with Crippen LogP contribution in [0.4, 0.5) is 0 Å². The van der Waals surface area contributed by atoms with E-state index in [0.29, 0.717) is 24.1 Å². The number of rotatable bonds is 7. The highest BCUT2D eigenvalue weighted by Gasteiger charge is 2.13. The lowest BCUT2D eigenvalue weighted by molar-refractivity contribution is 0.0946. The van der Waals surface area contributed by atoms with Crippen LogP contribution in [-0.2, 0) is 13.0 Å². The zero-order valence-electron chi connectivity index (χ0n) is 17.4. The average Bonchev–Trinajstić information content (AvgIpc) is 3.10. The van der Waals surface area contributed by atoms with Crippen molar-refractivity contribution in [2.24, 2.45) is 11.8 Å². The third-order valence-corrected chi connectivity index (χ3v) is 5.64. The van der Waals surface area contributed by atoms with Gasteiger partial charge in [-0.15, -0.1) is 0 Å². The predicted octanol–water partition coefficient (Wildman–Crippen LogP) is 5.25. The van der Waals surface area contributed by atoms with Gasteiger partial charge < -0.3 is 15.0 Å². The van der Waals surface area contributed by atoms with Gasteiger partial charge in [-0.25, -0.2) is 0 Å². The largest absolute Gasteiger partial charge is 0.496 e. The maximum atomic E-state index is 12.7. The summed E-state index contributed by atoms with van der Waals surface area (Å²) in [5.41, 5.74) is 4.97. The number of H-pyrrole nitrogens is 1. The topological polar surface area (TPSA) is 54.1 Å². The van der Waals surface area contributed by atoms with E-state index in [1.54, 1.807) is 7.11 Å². The zero-order chi connectivity index (χ0) is 20.3. The number of aryl methyl sites for hydroxylation is 1. The van der Waals surface area contributed by atoms with Crippen molar-refractivity contribution in [3.8, 4) is 5.75 Å². The van der Waals surface area contributed by atoms with E-state index in [-0.39, 0.29) is 5.91 Å². The molecule has 2 aromatic carbocycles. The van der Waals surface area contributed by atoms with E-state index in [9.17, 15) is 4.79 Å². The highest BCUT2D eigenvalue weighted by Crippen LogP contribution is 2.23. The maximum absolute atomic E-state index is 12.7. The van der Waals surface area contributed by atoms with E-state index in [0.717, 1.165) is 34.2 Å². The summed E-state index contributed by atoms with van der Waals surface area (Å²) in [7, 11) is 1.65. The minimum Gasteiger partial charge on any atom is -0.496 e. The van der Waals surface area contributed by atoms with Crippen LogP contribution in [0.25, 0.3) is 10.9 Å². The van der Waals surface area contributed by atoms with Crippen LogP contribution in [0.1, 0.15) is 48.0 Å². The van der Waals surface area contributed by atoms with Gasteiger partial charge in [-0.1, -0.05) is 39.0 Å². The first kappa shape index (κ1) is 20.0. The molecule has 2 N–H and O–H groups in total. The molecule has 0 fully saturated rings. The third-order valence-electron chi connectivity index (χ3n) is 5.64. The molecule has 0 bridgehead atoms. The van der Waals surface area contributed by atoms with Gasteiger partial charge in [0, 0.05) is 23.0 Å². The predicted molar refractivity (Wildman–Crippen MR) is 115 cm³/mol. The van der Waals surface area contributed by atoms with Gasteiger partial charge in [-0.2, -0.15) is 0 Å². The van der Waals surface area contributed by atoms with E-state index < -0.39 is 0 Å². The molecule has 0 saturated heterocycles. The van der Waals surface area contributed by atoms with Gasteiger partial charge in [0.15, 0.2) is 0 Å². The normalized spacial score (nSPS) is 12.4. The Labute approximate surface area is 167 Å². The van der Waals surface area contributed by atoms with E-state index >= 15 is 0 Å². The fourth-order valence-corrected chi connectivity index (χ4v) is 3.40. The molecule has 4 nitrogen and oxygen atoms in total. The number of hydrogen-bond acceptors (Lipinski definition) is 2. The molecule has 0 radical (unpaired) electrons. The van der Waals surface area contributed by atoms with Crippen molar-refractivity contribution in [1.82, 2.24) is 10.3 Å². The van der Waals surface area contributed by atoms with E-state index in [2.05, 4.69) is 49.3 Å². The fraction of sp³-hybridized carbons (Fsp3) is 0.375. The van der Waals surface area contributed by atoms with E-state index in [1.807, 2.05) is 31.2 Å². The Kier molecular flexibility index (Phi) is 6.08. The Morgan fingerprint density at radius 2 is 1.93 bits per heavy atom. The smallest absolute Gasteiger partial charge is 0.267 e. The Hall–Kier alpha value is -2.75. The van der Waals surface area contributed by atoms with Crippen LogP contribution in [0.5, 0.6) is 5.75 Å². The number of methoxy groups -OCH3 is 1. The number of ether oxygens (including phenoxy) is 1. The lowest BCUT2D eigenvalue weighted by atomic mass is 9.91. The van der Waals surface area contributed by atoms with Crippen molar-refractivity contribution < 1.29 is 9.53 Å². The number of fused-ring (bicyclic) bond motifs is 1. The van der Waals surface area contributed by atoms with Gasteiger partial charge >= 0.3 is 0 Å². The number of aromatic nitrogens is 1. The molecule has 0 aliphatic carbocycles. The van der Waals surface area contributed by atoms with Crippen LogP contribution < -0.4 is 10.1 Å². The molecule has 1 unspecified atom stereocenters. The monoisotopic (exact) mass is 378 g/mol. The molecule has 4 heteroatoms. The zero-order valence-corrected chi connectivity index (χ0v) is 17.4. The number of hydrogen-bond donors (Lipinski definition) is 2. The first-order valence-electron chi connectivity index (χ1n) is 9.91. The van der Waals surface area contributed by atoms with E-state index in [4.69, 9.17) is 4.74 Å². The SMILES string of the molecule is COc1cccc(C)c1CNC(=O)c1cc2cc(CC(C)C(C)C)ccc2[nH]1. The average molecular weight is 379 g/mol.